The lowest BCUT2D eigenvalue weighted by atomic mass is 9.91. The minimum Gasteiger partial charge on any atom is -0.363 e. The highest BCUT2D eigenvalue weighted by Gasteiger charge is 2.22. The highest BCUT2D eigenvalue weighted by Crippen LogP contribution is 2.24. The fourth-order valence-electron chi connectivity index (χ4n) is 3.94. The van der Waals surface area contributed by atoms with Crippen molar-refractivity contribution in [1.29, 1.82) is 0 Å². The number of aromatic nitrogens is 2. The van der Waals surface area contributed by atoms with E-state index in [4.69, 9.17) is 12.2 Å². The summed E-state index contributed by atoms with van der Waals surface area (Å²) in [4.78, 5) is 10.9. The van der Waals surface area contributed by atoms with Crippen LogP contribution in [0.5, 0.6) is 0 Å². The molecular formula is C22H32N6S. The summed E-state index contributed by atoms with van der Waals surface area (Å²) < 4.78 is 0. The van der Waals surface area contributed by atoms with Gasteiger partial charge in [0.15, 0.2) is 5.11 Å². The lowest BCUT2D eigenvalue weighted by Crippen LogP contribution is -2.42. The van der Waals surface area contributed by atoms with Gasteiger partial charge in [0.25, 0.3) is 0 Å². The van der Waals surface area contributed by atoms with Crippen molar-refractivity contribution in [2.45, 2.75) is 58.5 Å². The Labute approximate surface area is 179 Å². The van der Waals surface area contributed by atoms with Crippen LogP contribution in [-0.4, -0.2) is 41.3 Å². The SMILES string of the molecule is Cc1cc(C)c(NC(=S)NC2CCC(Nc3nccc(N(C)C)n3)CC2)c(C)c1. The standard InChI is InChI=1S/C22H32N6S/c1-14-12-15(2)20(16(3)13-14)27-22(29)25-18-8-6-17(7-9-18)24-21-23-11-10-19(26-21)28(4)5/h10-13,17-18H,6-9H2,1-5H3,(H,23,24,26)(H2,25,27,29). The van der Waals surface area contributed by atoms with Gasteiger partial charge in [-0.2, -0.15) is 4.98 Å². The second-order valence-electron chi connectivity index (χ2n) is 8.20. The number of nitrogens with one attached hydrogen (secondary N) is 3. The fraction of sp³-hybridized carbons (Fsp3) is 0.500. The van der Waals surface area contributed by atoms with Gasteiger partial charge in [-0.15, -0.1) is 0 Å². The topological polar surface area (TPSA) is 65.1 Å². The molecule has 1 heterocycles. The molecule has 1 aliphatic carbocycles. The molecule has 7 heteroatoms. The molecular weight excluding hydrogens is 380 g/mol. The normalized spacial score (nSPS) is 18.8. The van der Waals surface area contributed by atoms with E-state index in [-0.39, 0.29) is 0 Å². The third-order valence-corrected chi connectivity index (χ3v) is 5.63. The van der Waals surface area contributed by atoms with E-state index in [0.717, 1.165) is 37.2 Å². The summed E-state index contributed by atoms with van der Waals surface area (Å²) in [5.74, 6) is 1.62. The Hall–Kier alpha value is -2.41. The molecule has 2 aromatic rings. The van der Waals surface area contributed by atoms with Crippen LogP contribution in [0.4, 0.5) is 17.5 Å². The second-order valence-corrected chi connectivity index (χ2v) is 8.61. The van der Waals surface area contributed by atoms with Crippen LogP contribution in [0.3, 0.4) is 0 Å². The van der Waals surface area contributed by atoms with Gasteiger partial charge in [-0.05, 0) is 75.9 Å². The van der Waals surface area contributed by atoms with E-state index in [9.17, 15) is 0 Å². The monoisotopic (exact) mass is 412 g/mol. The molecule has 1 aromatic carbocycles. The molecule has 29 heavy (non-hydrogen) atoms. The number of thiocarbonyl (C=S) groups is 1. The van der Waals surface area contributed by atoms with Crippen LogP contribution in [0.2, 0.25) is 0 Å². The molecule has 0 atom stereocenters. The first-order valence-corrected chi connectivity index (χ1v) is 10.6. The van der Waals surface area contributed by atoms with E-state index in [1.165, 1.54) is 16.7 Å². The Morgan fingerprint density at radius 3 is 2.28 bits per heavy atom. The van der Waals surface area contributed by atoms with Crippen LogP contribution in [0.1, 0.15) is 42.4 Å². The highest BCUT2D eigenvalue weighted by molar-refractivity contribution is 7.80. The van der Waals surface area contributed by atoms with E-state index in [1.54, 1.807) is 6.20 Å². The Bertz CT molecular complexity index is 835. The van der Waals surface area contributed by atoms with Crippen LogP contribution in [0.25, 0.3) is 0 Å². The smallest absolute Gasteiger partial charge is 0.224 e. The zero-order valence-electron chi connectivity index (χ0n) is 18.0. The maximum absolute atomic E-state index is 5.58. The van der Waals surface area contributed by atoms with Gasteiger partial charge in [-0.3, -0.25) is 0 Å². The number of aryl methyl sites for hydroxylation is 3. The van der Waals surface area contributed by atoms with Crippen molar-refractivity contribution in [1.82, 2.24) is 15.3 Å². The minimum absolute atomic E-state index is 0.396. The van der Waals surface area contributed by atoms with Crippen LogP contribution < -0.4 is 20.9 Å². The van der Waals surface area contributed by atoms with Crippen LogP contribution in [0.15, 0.2) is 24.4 Å². The summed E-state index contributed by atoms with van der Waals surface area (Å²) in [5.41, 5.74) is 4.83. The van der Waals surface area contributed by atoms with Crippen LogP contribution in [0, 0.1) is 20.8 Å². The molecule has 1 aromatic heterocycles. The van der Waals surface area contributed by atoms with Gasteiger partial charge in [-0.1, -0.05) is 17.7 Å². The van der Waals surface area contributed by atoms with Crippen molar-refractivity contribution in [2.75, 3.05) is 29.6 Å². The molecule has 0 unspecified atom stereocenters. The number of anilines is 3. The minimum atomic E-state index is 0.396. The van der Waals surface area contributed by atoms with Gasteiger partial charge >= 0.3 is 0 Å². The van der Waals surface area contributed by atoms with Gasteiger partial charge < -0.3 is 20.9 Å². The number of rotatable bonds is 5. The molecule has 0 spiro atoms. The third kappa shape index (κ3) is 5.79. The first kappa shape index (κ1) is 21.3. The van der Waals surface area contributed by atoms with Crippen molar-refractivity contribution in [3.8, 4) is 0 Å². The molecule has 0 saturated heterocycles. The van der Waals surface area contributed by atoms with Gasteiger partial charge in [-0.25, -0.2) is 4.98 Å². The molecule has 0 radical (unpaired) electrons. The van der Waals surface area contributed by atoms with Crippen LogP contribution in [-0.2, 0) is 0 Å². The lowest BCUT2D eigenvalue weighted by Gasteiger charge is -2.30. The molecule has 0 bridgehead atoms. The second kappa shape index (κ2) is 9.39. The summed E-state index contributed by atoms with van der Waals surface area (Å²) >= 11 is 5.58. The van der Waals surface area contributed by atoms with Gasteiger partial charge in [0.1, 0.15) is 5.82 Å². The number of hydrogen-bond acceptors (Lipinski definition) is 5. The van der Waals surface area contributed by atoms with E-state index >= 15 is 0 Å². The predicted molar refractivity (Wildman–Crippen MR) is 126 cm³/mol. The molecule has 1 aliphatic rings. The van der Waals surface area contributed by atoms with E-state index in [0.29, 0.717) is 23.1 Å². The largest absolute Gasteiger partial charge is 0.363 e. The third-order valence-electron chi connectivity index (χ3n) is 5.41. The Balaban J connectivity index is 1.48. The summed E-state index contributed by atoms with van der Waals surface area (Å²) in [5, 5.41) is 11.1. The number of nitrogens with zero attached hydrogens (tertiary/aromatic N) is 3. The first-order chi connectivity index (χ1) is 13.8. The average Bonchev–Trinajstić information content (AvgIpc) is 2.66. The van der Waals surface area contributed by atoms with Crippen LogP contribution >= 0.6 is 12.2 Å². The van der Waals surface area contributed by atoms with E-state index in [2.05, 4.69) is 58.8 Å². The number of hydrogen-bond donors (Lipinski definition) is 3. The maximum atomic E-state index is 5.58. The van der Waals surface area contributed by atoms with Gasteiger partial charge in [0.2, 0.25) is 5.95 Å². The Morgan fingerprint density at radius 1 is 1.03 bits per heavy atom. The summed E-state index contributed by atoms with van der Waals surface area (Å²) in [6.07, 6.45) is 6.07. The Kier molecular flexibility index (Phi) is 6.90. The molecule has 0 amide bonds. The number of benzene rings is 1. The summed E-state index contributed by atoms with van der Waals surface area (Å²) in [6.45, 7) is 6.36. The summed E-state index contributed by atoms with van der Waals surface area (Å²) in [6, 6.07) is 7.07. The van der Waals surface area contributed by atoms with Gasteiger partial charge in [0, 0.05) is 38.1 Å². The molecule has 3 N–H and O–H groups in total. The molecule has 156 valence electrons. The van der Waals surface area contributed by atoms with E-state index in [1.807, 2.05) is 25.1 Å². The van der Waals surface area contributed by atoms with Gasteiger partial charge in [0.05, 0.1) is 0 Å². The zero-order valence-corrected chi connectivity index (χ0v) is 18.9. The molecule has 1 saturated carbocycles. The average molecular weight is 413 g/mol. The molecule has 3 rings (SSSR count). The maximum Gasteiger partial charge on any atom is 0.224 e. The molecule has 1 fully saturated rings. The highest BCUT2D eigenvalue weighted by atomic mass is 32.1. The first-order valence-electron chi connectivity index (χ1n) is 10.2. The Morgan fingerprint density at radius 2 is 1.66 bits per heavy atom. The van der Waals surface area contributed by atoms with Crippen molar-refractivity contribution in [2.24, 2.45) is 0 Å². The van der Waals surface area contributed by atoms with Crippen molar-refractivity contribution >= 4 is 34.8 Å². The van der Waals surface area contributed by atoms with Crippen molar-refractivity contribution in [3.63, 3.8) is 0 Å². The predicted octanol–water partition coefficient (Wildman–Crippen LogP) is 4.18. The lowest BCUT2D eigenvalue weighted by molar-refractivity contribution is 0.387. The molecule has 0 aliphatic heterocycles. The fourth-order valence-corrected chi connectivity index (χ4v) is 4.21. The summed E-state index contributed by atoms with van der Waals surface area (Å²) in [7, 11) is 3.97. The zero-order chi connectivity index (χ0) is 21.0. The van der Waals surface area contributed by atoms with E-state index < -0.39 is 0 Å². The van der Waals surface area contributed by atoms with Crippen molar-refractivity contribution < 1.29 is 0 Å². The molecule has 6 nitrogen and oxygen atoms in total. The van der Waals surface area contributed by atoms with Crippen molar-refractivity contribution in [3.05, 3.63) is 41.1 Å². The quantitative estimate of drug-likeness (QED) is 0.637.